The van der Waals surface area contributed by atoms with Gasteiger partial charge in [-0.25, -0.2) is 4.98 Å². The number of ether oxygens (including phenoxy) is 1. The van der Waals surface area contributed by atoms with Gasteiger partial charge in [-0.05, 0) is 30.2 Å². The first-order chi connectivity index (χ1) is 8.19. The van der Waals surface area contributed by atoms with E-state index in [1.807, 2.05) is 25.1 Å². The molecule has 0 aliphatic carbocycles. The Labute approximate surface area is 105 Å². The highest BCUT2D eigenvalue weighted by Gasteiger charge is 2.04. The first-order valence-corrected chi connectivity index (χ1v) is 5.66. The molecule has 0 saturated carbocycles. The molecule has 0 saturated heterocycles. The zero-order chi connectivity index (χ0) is 12.3. The summed E-state index contributed by atoms with van der Waals surface area (Å²) in [6, 6.07) is 9.27. The maximum absolute atomic E-state index is 6.03. The quantitative estimate of drug-likeness (QED) is 0.907. The molecular weight excluding hydrogens is 236 g/mol. The number of hydrogen-bond acceptors (Lipinski definition) is 3. The Morgan fingerprint density at radius 1 is 1.29 bits per heavy atom. The molecule has 2 N–H and O–H groups in total. The van der Waals surface area contributed by atoms with Crippen LogP contribution in [0.4, 0.5) is 0 Å². The second-order valence-corrected chi connectivity index (χ2v) is 4.15. The number of aryl methyl sites for hydroxylation is 1. The van der Waals surface area contributed by atoms with E-state index in [1.54, 1.807) is 18.3 Å². The van der Waals surface area contributed by atoms with Crippen molar-refractivity contribution >= 4 is 11.6 Å². The van der Waals surface area contributed by atoms with E-state index in [0.717, 1.165) is 11.1 Å². The van der Waals surface area contributed by atoms with Crippen molar-refractivity contribution in [1.82, 2.24) is 4.98 Å². The van der Waals surface area contributed by atoms with Crippen LogP contribution in [0.25, 0.3) is 0 Å². The molecular formula is C13H13ClN2O. The molecule has 0 aliphatic heterocycles. The van der Waals surface area contributed by atoms with Crippen LogP contribution in [0.2, 0.25) is 5.02 Å². The average Bonchev–Trinajstić information content (AvgIpc) is 2.35. The molecule has 0 radical (unpaired) electrons. The summed E-state index contributed by atoms with van der Waals surface area (Å²) in [5.41, 5.74) is 7.55. The molecule has 17 heavy (non-hydrogen) atoms. The Morgan fingerprint density at radius 3 is 2.76 bits per heavy atom. The van der Waals surface area contributed by atoms with Crippen molar-refractivity contribution in [2.45, 2.75) is 13.5 Å². The van der Waals surface area contributed by atoms with E-state index >= 15 is 0 Å². The first kappa shape index (κ1) is 11.9. The normalized spacial score (nSPS) is 10.3. The molecule has 3 nitrogen and oxygen atoms in total. The van der Waals surface area contributed by atoms with Gasteiger partial charge in [-0.3, -0.25) is 0 Å². The number of hydrogen-bond donors (Lipinski definition) is 1. The summed E-state index contributed by atoms with van der Waals surface area (Å²) in [5.74, 6) is 1.12. The van der Waals surface area contributed by atoms with Gasteiger partial charge in [0.2, 0.25) is 5.88 Å². The van der Waals surface area contributed by atoms with E-state index in [4.69, 9.17) is 22.1 Å². The van der Waals surface area contributed by atoms with Gasteiger partial charge >= 0.3 is 0 Å². The van der Waals surface area contributed by atoms with E-state index in [0.29, 0.717) is 23.2 Å². The summed E-state index contributed by atoms with van der Waals surface area (Å²) in [4.78, 5) is 4.15. The first-order valence-electron chi connectivity index (χ1n) is 5.28. The van der Waals surface area contributed by atoms with Gasteiger partial charge in [0, 0.05) is 18.8 Å². The maximum Gasteiger partial charge on any atom is 0.219 e. The number of benzene rings is 1. The highest BCUT2D eigenvalue weighted by atomic mass is 35.5. The van der Waals surface area contributed by atoms with Crippen molar-refractivity contribution in [2.75, 3.05) is 0 Å². The van der Waals surface area contributed by atoms with E-state index in [9.17, 15) is 0 Å². The topological polar surface area (TPSA) is 48.1 Å². The molecule has 0 fully saturated rings. The number of nitrogens with two attached hydrogens (primary N) is 1. The third-order valence-corrected chi connectivity index (χ3v) is 2.65. The van der Waals surface area contributed by atoms with Gasteiger partial charge in [0.1, 0.15) is 5.75 Å². The van der Waals surface area contributed by atoms with E-state index in [2.05, 4.69) is 4.98 Å². The number of rotatable bonds is 3. The Kier molecular flexibility index (Phi) is 3.61. The summed E-state index contributed by atoms with van der Waals surface area (Å²) < 4.78 is 5.61. The predicted octanol–water partition coefficient (Wildman–Crippen LogP) is 3.29. The van der Waals surface area contributed by atoms with Crippen molar-refractivity contribution in [1.29, 1.82) is 0 Å². The number of pyridine rings is 1. The molecule has 2 rings (SSSR count). The van der Waals surface area contributed by atoms with Gasteiger partial charge in [-0.2, -0.15) is 0 Å². The third-order valence-electron chi connectivity index (χ3n) is 2.33. The minimum absolute atomic E-state index is 0.471. The lowest BCUT2D eigenvalue weighted by molar-refractivity contribution is 0.462. The van der Waals surface area contributed by atoms with Crippen molar-refractivity contribution in [3.05, 3.63) is 52.7 Å². The average molecular weight is 249 g/mol. The molecule has 88 valence electrons. The fraction of sp³-hybridized carbons (Fsp3) is 0.154. The predicted molar refractivity (Wildman–Crippen MR) is 68.4 cm³/mol. The highest BCUT2D eigenvalue weighted by molar-refractivity contribution is 6.32. The number of halogens is 1. The van der Waals surface area contributed by atoms with Crippen LogP contribution in [0, 0.1) is 6.92 Å². The third kappa shape index (κ3) is 2.96. The lowest BCUT2D eigenvalue weighted by Crippen LogP contribution is -1.97. The lowest BCUT2D eigenvalue weighted by atomic mass is 10.2. The van der Waals surface area contributed by atoms with Crippen molar-refractivity contribution in [3.63, 3.8) is 0 Å². The summed E-state index contributed by atoms with van der Waals surface area (Å²) in [7, 11) is 0. The summed E-state index contributed by atoms with van der Waals surface area (Å²) >= 11 is 6.03. The molecule has 2 aromatic rings. The summed E-state index contributed by atoms with van der Waals surface area (Å²) in [6.45, 7) is 2.45. The largest absolute Gasteiger partial charge is 0.437 e. The van der Waals surface area contributed by atoms with Crippen molar-refractivity contribution in [2.24, 2.45) is 5.73 Å². The van der Waals surface area contributed by atoms with Crippen LogP contribution in [-0.4, -0.2) is 4.98 Å². The van der Waals surface area contributed by atoms with Crippen LogP contribution in [0.1, 0.15) is 11.1 Å². The SMILES string of the molecule is Cc1ccc(Cl)c(Oc2ccc(CN)cn2)c1. The smallest absolute Gasteiger partial charge is 0.219 e. The van der Waals surface area contributed by atoms with E-state index in [-0.39, 0.29) is 0 Å². The molecule has 0 aliphatic rings. The van der Waals surface area contributed by atoms with Gasteiger partial charge in [-0.1, -0.05) is 23.7 Å². The lowest BCUT2D eigenvalue weighted by Gasteiger charge is -2.07. The highest BCUT2D eigenvalue weighted by Crippen LogP contribution is 2.29. The van der Waals surface area contributed by atoms with Crippen molar-refractivity contribution < 1.29 is 4.74 Å². The molecule has 1 aromatic heterocycles. The van der Waals surface area contributed by atoms with Gasteiger partial charge in [0.25, 0.3) is 0 Å². The fourth-order valence-electron chi connectivity index (χ4n) is 1.39. The molecule has 1 aromatic carbocycles. The Balaban J connectivity index is 2.22. The second kappa shape index (κ2) is 5.17. The second-order valence-electron chi connectivity index (χ2n) is 3.74. The van der Waals surface area contributed by atoms with Gasteiger partial charge in [0.15, 0.2) is 0 Å². The van der Waals surface area contributed by atoms with Crippen LogP contribution in [0.3, 0.4) is 0 Å². The molecule has 0 unspecified atom stereocenters. The molecule has 0 spiro atoms. The van der Waals surface area contributed by atoms with Gasteiger partial charge in [0.05, 0.1) is 5.02 Å². The van der Waals surface area contributed by atoms with Crippen molar-refractivity contribution in [3.8, 4) is 11.6 Å². The monoisotopic (exact) mass is 248 g/mol. The Morgan fingerprint density at radius 2 is 2.12 bits per heavy atom. The summed E-state index contributed by atoms with van der Waals surface area (Å²) in [6.07, 6.45) is 1.69. The van der Waals surface area contributed by atoms with E-state index < -0.39 is 0 Å². The zero-order valence-electron chi connectivity index (χ0n) is 9.48. The van der Waals surface area contributed by atoms with Crippen LogP contribution < -0.4 is 10.5 Å². The van der Waals surface area contributed by atoms with Crippen LogP contribution in [0.15, 0.2) is 36.5 Å². The van der Waals surface area contributed by atoms with E-state index in [1.165, 1.54) is 0 Å². The standard InChI is InChI=1S/C13H13ClN2O/c1-9-2-4-11(14)12(6-9)17-13-5-3-10(7-15)8-16-13/h2-6,8H,7,15H2,1H3. The molecule has 0 amide bonds. The molecule has 0 atom stereocenters. The van der Waals surface area contributed by atoms with Gasteiger partial charge in [-0.15, -0.1) is 0 Å². The Hall–Kier alpha value is -1.58. The minimum Gasteiger partial charge on any atom is -0.437 e. The molecule has 0 bridgehead atoms. The zero-order valence-corrected chi connectivity index (χ0v) is 10.2. The molecule has 4 heteroatoms. The van der Waals surface area contributed by atoms with Crippen LogP contribution in [0.5, 0.6) is 11.6 Å². The Bertz CT molecular complexity index is 511. The number of aromatic nitrogens is 1. The summed E-state index contributed by atoms with van der Waals surface area (Å²) in [5, 5.41) is 0.570. The van der Waals surface area contributed by atoms with Crippen LogP contribution in [-0.2, 0) is 6.54 Å². The maximum atomic E-state index is 6.03. The molecule has 1 heterocycles. The van der Waals surface area contributed by atoms with Gasteiger partial charge < -0.3 is 10.5 Å². The fourth-order valence-corrected chi connectivity index (χ4v) is 1.55. The number of nitrogens with zero attached hydrogens (tertiary/aromatic N) is 1. The van der Waals surface area contributed by atoms with Crippen LogP contribution >= 0.6 is 11.6 Å². The minimum atomic E-state index is 0.471.